The Morgan fingerprint density at radius 1 is 1.07 bits per heavy atom. The number of fused-ring (bicyclic) bond motifs is 1. The van der Waals surface area contributed by atoms with Crippen molar-refractivity contribution in [1.82, 2.24) is 0 Å². The molecular formula is C18H18BF2NO3Pb2. The Balaban J connectivity index is 2.32. The van der Waals surface area contributed by atoms with Gasteiger partial charge in [0.1, 0.15) is 0 Å². The third-order valence-corrected chi connectivity index (χ3v) is 5.92. The molecular weight excluding hydrogens is 741 g/mol. The number of hydrogen-bond acceptors (Lipinski definition) is 4. The number of aliphatic imine (C=N–C) groups is 1. The van der Waals surface area contributed by atoms with Gasteiger partial charge in [-0.2, -0.15) is 0 Å². The van der Waals surface area contributed by atoms with E-state index in [0.29, 0.717) is 21.9 Å². The van der Waals surface area contributed by atoms with Crippen molar-refractivity contribution in [3.63, 3.8) is 0 Å². The SMILES string of the molecule is COc1c(F)c(F)cc2cc(N=[C]([Pb])[Pb])cc(B3OC(C)(C)C(C)(C)O3)c12. The summed E-state index contributed by atoms with van der Waals surface area (Å²) in [6.07, 6.45) is 0. The van der Waals surface area contributed by atoms with E-state index in [1.54, 1.807) is 6.07 Å². The quantitative estimate of drug-likeness (QED) is 0.358. The fraction of sp³-hybridized carbons (Fsp3) is 0.389. The number of methoxy groups -OCH3 is 1. The van der Waals surface area contributed by atoms with Gasteiger partial charge in [0, 0.05) is 0 Å². The van der Waals surface area contributed by atoms with Crippen LogP contribution in [-0.4, -0.2) is 77.8 Å². The Bertz CT molecular complexity index is 930. The number of rotatable bonds is 3. The Morgan fingerprint density at radius 2 is 1.67 bits per heavy atom. The van der Waals surface area contributed by atoms with Gasteiger partial charge in [-0.15, -0.1) is 0 Å². The molecule has 27 heavy (non-hydrogen) atoms. The van der Waals surface area contributed by atoms with Gasteiger partial charge in [-0.05, 0) is 0 Å². The number of benzene rings is 2. The molecule has 0 bridgehead atoms. The summed E-state index contributed by atoms with van der Waals surface area (Å²) in [5.74, 6) is -2.13. The Morgan fingerprint density at radius 3 is 2.19 bits per heavy atom. The molecule has 0 N–H and O–H groups in total. The first-order chi connectivity index (χ1) is 12.5. The molecule has 4 nitrogen and oxygen atoms in total. The van der Waals surface area contributed by atoms with Crippen molar-refractivity contribution in [1.29, 1.82) is 0 Å². The van der Waals surface area contributed by atoms with Crippen LogP contribution in [0.1, 0.15) is 27.7 Å². The molecule has 2 aromatic carbocycles. The molecule has 0 saturated carbocycles. The van der Waals surface area contributed by atoms with E-state index < -0.39 is 30.0 Å². The van der Waals surface area contributed by atoms with Crippen molar-refractivity contribution in [2.75, 3.05) is 7.11 Å². The molecule has 0 atom stereocenters. The molecule has 1 saturated heterocycles. The molecule has 1 aliphatic rings. The van der Waals surface area contributed by atoms with E-state index in [1.165, 1.54) is 13.2 Å². The molecule has 1 fully saturated rings. The van der Waals surface area contributed by atoms with Crippen LogP contribution in [0.3, 0.4) is 0 Å². The first kappa shape index (κ1) is 21.6. The number of nitrogens with zero attached hydrogens (tertiary/aromatic N) is 1. The summed E-state index contributed by atoms with van der Waals surface area (Å²) in [5.41, 5.74) is 0.149. The second kappa shape index (κ2) is 7.60. The van der Waals surface area contributed by atoms with Crippen LogP contribution in [0.4, 0.5) is 14.5 Å². The van der Waals surface area contributed by atoms with Crippen LogP contribution >= 0.6 is 0 Å². The van der Waals surface area contributed by atoms with Crippen molar-refractivity contribution >= 4 is 81.4 Å². The van der Waals surface area contributed by atoms with Crippen LogP contribution in [0.2, 0.25) is 0 Å². The average Bonchev–Trinajstić information content (AvgIpc) is 2.75. The van der Waals surface area contributed by atoms with Crippen LogP contribution in [0.15, 0.2) is 23.2 Å². The molecule has 0 unspecified atom stereocenters. The number of hydrogen-bond donors (Lipinski definition) is 0. The molecule has 0 spiro atoms. The second-order valence-corrected chi connectivity index (χ2v) is 18.6. The summed E-state index contributed by atoms with van der Waals surface area (Å²) < 4.78 is 47.2. The summed E-state index contributed by atoms with van der Waals surface area (Å²) in [6.45, 7) is 7.79. The minimum absolute atomic E-state index is 0.151. The topological polar surface area (TPSA) is 40.0 Å². The average molecular weight is 760 g/mol. The molecule has 0 aromatic heterocycles. The van der Waals surface area contributed by atoms with E-state index in [1.807, 2.05) is 33.8 Å². The maximum atomic E-state index is 14.4. The molecule has 1 heterocycles. The predicted octanol–water partition coefficient (Wildman–Crippen LogP) is 2.75. The molecule has 1 aliphatic heterocycles. The molecule has 0 aliphatic carbocycles. The summed E-state index contributed by atoms with van der Waals surface area (Å²) in [6, 6.07) is 4.73. The Hall–Kier alpha value is -0.141. The van der Waals surface area contributed by atoms with Gasteiger partial charge in [0.05, 0.1) is 0 Å². The first-order valence-corrected chi connectivity index (χ1v) is 12.2. The van der Waals surface area contributed by atoms with Gasteiger partial charge in [0.25, 0.3) is 0 Å². The van der Waals surface area contributed by atoms with Gasteiger partial charge < -0.3 is 0 Å². The molecule has 9 heteroatoms. The predicted molar refractivity (Wildman–Crippen MR) is 105 cm³/mol. The van der Waals surface area contributed by atoms with Gasteiger partial charge in [0.2, 0.25) is 0 Å². The third-order valence-electron chi connectivity index (χ3n) is 5.05. The van der Waals surface area contributed by atoms with Crippen molar-refractivity contribution in [2.24, 2.45) is 4.99 Å². The second-order valence-electron chi connectivity index (χ2n) is 7.39. The zero-order valence-corrected chi connectivity index (χ0v) is 23.5. The summed E-state index contributed by atoms with van der Waals surface area (Å²) in [7, 11) is 0.586. The summed E-state index contributed by atoms with van der Waals surface area (Å²) >= 11 is 1.73. The van der Waals surface area contributed by atoms with Crippen molar-refractivity contribution < 1.29 is 22.8 Å². The number of halogens is 2. The van der Waals surface area contributed by atoms with Crippen molar-refractivity contribution in [2.45, 2.75) is 38.9 Å². The van der Waals surface area contributed by atoms with Crippen LogP contribution in [0.25, 0.3) is 10.8 Å². The van der Waals surface area contributed by atoms with Crippen molar-refractivity contribution in [3.8, 4) is 5.75 Å². The van der Waals surface area contributed by atoms with Gasteiger partial charge >= 0.3 is 191 Å². The van der Waals surface area contributed by atoms with Crippen LogP contribution in [0.5, 0.6) is 5.75 Å². The molecule has 6 radical (unpaired) electrons. The van der Waals surface area contributed by atoms with E-state index in [4.69, 9.17) is 14.0 Å². The van der Waals surface area contributed by atoms with Gasteiger partial charge in [-0.1, -0.05) is 0 Å². The van der Waals surface area contributed by atoms with Crippen LogP contribution in [0, 0.1) is 11.6 Å². The number of ether oxygens (including phenoxy) is 1. The maximum absolute atomic E-state index is 14.4. The summed E-state index contributed by atoms with van der Waals surface area (Å²) in [4.78, 5) is 4.59. The van der Waals surface area contributed by atoms with E-state index in [2.05, 4.69) is 4.99 Å². The Kier molecular flexibility index (Phi) is 6.07. The first-order valence-electron chi connectivity index (χ1n) is 8.34. The summed E-state index contributed by atoms with van der Waals surface area (Å²) in [5, 5.41) is 0.943. The van der Waals surface area contributed by atoms with E-state index >= 15 is 0 Å². The molecule has 138 valence electrons. The monoisotopic (exact) mass is 761 g/mol. The normalized spacial score (nSPS) is 18.0. The van der Waals surface area contributed by atoms with E-state index in [9.17, 15) is 8.78 Å². The molecule has 2 aromatic rings. The zero-order valence-electron chi connectivity index (χ0n) is 15.7. The Labute approximate surface area is 189 Å². The minimum atomic E-state index is -1.02. The van der Waals surface area contributed by atoms with Gasteiger partial charge in [-0.3, -0.25) is 0 Å². The van der Waals surface area contributed by atoms with Gasteiger partial charge in [-0.25, -0.2) is 0 Å². The van der Waals surface area contributed by atoms with Crippen molar-refractivity contribution in [3.05, 3.63) is 29.8 Å². The third kappa shape index (κ3) is 3.97. The fourth-order valence-corrected chi connectivity index (χ4v) is 4.01. The van der Waals surface area contributed by atoms with E-state index in [0.717, 1.165) is 52.4 Å². The zero-order chi connectivity index (χ0) is 20.1. The van der Waals surface area contributed by atoms with Crippen LogP contribution in [-0.2, 0) is 9.31 Å². The standard InChI is InChI=1S/C18H18BF2NO3.2Pb/c1-17(2)18(3,4)25-19(24-17)12-9-11(22-5)7-10-8-13(20)15(21)16(23-6)14(10)12;;/h7-9H,1-4,6H3;;. The molecule has 3 rings (SSSR count). The van der Waals surface area contributed by atoms with E-state index in [-0.39, 0.29) is 5.75 Å². The van der Waals surface area contributed by atoms with Gasteiger partial charge in [0.15, 0.2) is 0 Å². The van der Waals surface area contributed by atoms with Crippen LogP contribution < -0.4 is 10.2 Å². The fourth-order valence-electron chi connectivity index (χ4n) is 3.01. The molecule has 0 amide bonds.